The highest BCUT2D eigenvalue weighted by Gasteiger charge is 2.21. The van der Waals surface area contributed by atoms with E-state index in [-0.39, 0.29) is 0 Å². The van der Waals surface area contributed by atoms with E-state index in [1.165, 1.54) is 0 Å². The summed E-state index contributed by atoms with van der Waals surface area (Å²) < 4.78 is 13.0. The van der Waals surface area contributed by atoms with Gasteiger partial charge in [0.05, 0.1) is 0 Å². The van der Waals surface area contributed by atoms with Crippen molar-refractivity contribution in [1.82, 2.24) is 15.0 Å². The van der Waals surface area contributed by atoms with Crippen LogP contribution < -0.4 is 0 Å². The predicted octanol–water partition coefficient (Wildman–Crippen LogP) is 11.0. The lowest BCUT2D eigenvalue weighted by molar-refractivity contribution is 0.672. The lowest BCUT2D eigenvalue weighted by Gasteiger charge is -2.10. The number of aromatic nitrogens is 3. The molecular weight excluding hydrogens is 566 g/mol. The molecule has 5 nitrogen and oxygen atoms in total. The van der Waals surface area contributed by atoms with Crippen LogP contribution in [0.5, 0.6) is 0 Å². The van der Waals surface area contributed by atoms with E-state index in [1.807, 2.05) is 78.9 Å². The van der Waals surface area contributed by atoms with Crippen molar-refractivity contribution < 1.29 is 8.83 Å². The zero-order valence-electron chi connectivity index (χ0n) is 24.4. The standard InChI is InChI=1S/C41H23N3O2/c1-2-12-26(13-3-1)39-42-40(31-16-8-18-33-35(31)29-22-20-24-10-4-6-14-27(24)37(29)45-33)44-41(43-39)32-17-9-19-34-36(32)30-23-21-25-11-5-7-15-28(25)38(30)46-34/h1-23H. The molecule has 0 amide bonds. The first-order valence-electron chi connectivity index (χ1n) is 15.3. The van der Waals surface area contributed by atoms with Crippen molar-refractivity contribution in [3.05, 3.63) is 140 Å². The van der Waals surface area contributed by atoms with Gasteiger partial charge in [0.1, 0.15) is 22.3 Å². The van der Waals surface area contributed by atoms with Crippen LogP contribution in [0.25, 0.3) is 99.6 Å². The highest BCUT2D eigenvalue weighted by Crippen LogP contribution is 2.41. The van der Waals surface area contributed by atoms with Gasteiger partial charge in [-0.3, -0.25) is 0 Å². The van der Waals surface area contributed by atoms with Crippen molar-refractivity contribution in [2.75, 3.05) is 0 Å². The summed E-state index contributed by atoms with van der Waals surface area (Å²) in [5, 5.41) is 8.46. The maximum atomic E-state index is 6.50. The van der Waals surface area contributed by atoms with Crippen LogP contribution >= 0.6 is 0 Å². The molecule has 0 unspecified atom stereocenters. The van der Waals surface area contributed by atoms with E-state index < -0.39 is 0 Å². The third-order valence-electron chi connectivity index (χ3n) is 8.92. The zero-order valence-corrected chi connectivity index (χ0v) is 24.4. The Kier molecular flexibility index (Phi) is 5.22. The number of benzene rings is 7. The minimum absolute atomic E-state index is 0.584. The molecule has 46 heavy (non-hydrogen) atoms. The number of hydrogen-bond acceptors (Lipinski definition) is 5. The molecule has 0 atom stereocenters. The Morgan fingerprint density at radius 2 is 0.826 bits per heavy atom. The minimum Gasteiger partial charge on any atom is -0.455 e. The number of hydrogen-bond donors (Lipinski definition) is 0. The topological polar surface area (TPSA) is 65.0 Å². The molecule has 10 aromatic rings. The summed E-state index contributed by atoms with van der Waals surface area (Å²) in [5.74, 6) is 1.77. The molecule has 7 aromatic carbocycles. The molecule has 0 N–H and O–H groups in total. The lowest BCUT2D eigenvalue weighted by Crippen LogP contribution is -2.00. The van der Waals surface area contributed by atoms with E-state index in [1.54, 1.807) is 0 Å². The Hall–Kier alpha value is -6.33. The summed E-state index contributed by atoms with van der Waals surface area (Å²) in [6.07, 6.45) is 0. The van der Waals surface area contributed by atoms with Crippen molar-refractivity contribution in [2.45, 2.75) is 0 Å². The molecule has 0 radical (unpaired) electrons. The molecule has 0 fully saturated rings. The smallest absolute Gasteiger partial charge is 0.164 e. The van der Waals surface area contributed by atoms with Crippen LogP contribution in [0, 0.1) is 0 Å². The highest BCUT2D eigenvalue weighted by atomic mass is 16.3. The van der Waals surface area contributed by atoms with E-state index in [2.05, 4.69) is 60.7 Å². The molecule has 0 aliphatic rings. The van der Waals surface area contributed by atoms with E-state index in [4.69, 9.17) is 23.8 Å². The van der Waals surface area contributed by atoms with Gasteiger partial charge < -0.3 is 8.83 Å². The summed E-state index contributed by atoms with van der Waals surface area (Å²) >= 11 is 0. The molecular formula is C41H23N3O2. The Morgan fingerprint density at radius 3 is 1.37 bits per heavy atom. The largest absolute Gasteiger partial charge is 0.455 e. The van der Waals surface area contributed by atoms with Crippen LogP contribution in [-0.2, 0) is 0 Å². The molecule has 5 heteroatoms. The Balaban J connectivity index is 1.28. The molecule has 3 aromatic heterocycles. The first-order valence-corrected chi connectivity index (χ1v) is 15.3. The molecule has 0 spiro atoms. The second kappa shape index (κ2) is 9.58. The van der Waals surface area contributed by atoms with E-state index >= 15 is 0 Å². The molecule has 10 rings (SSSR count). The maximum Gasteiger partial charge on any atom is 0.164 e. The predicted molar refractivity (Wildman–Crippen MR) is 186 cm³/mol. The van der Waals surface area contributed by atoms with Crippen molar-refractivity contribution in [3.8, 4) is 34.2 Å². The summed E-state index contributed by atoms with van der Waals surface area (Å²) in [4.78, 5) is 15.4. The average molecular weight is 590 g/mol. The summed E-state index contributed by atoms with van der Waals surface area (Å²) in [6, 6.07) is 47.4. The van der Waals surface area contributed by atoms with Gasteiger partial charge in [0.2, 0.25) is 0 Å². The van der Waals surface area contributed by atoms with Crippen molar-refractivity contribution in [1.29, 1.82) is 0 Å². The van der Waals surface area contributed by atoms with Gasteiger partial charge in [0.15, 0.2) is 17.5 Å². The van der Waals surface area contributed by atoms with Crippen molar-refractivity contribution in [3.63, 3.8) is 0 Å². The van der Waals surface area contributed by atoms with Crippen molar-refractivity contribution in [2.24, 2.45) is 0 Å². The third kappa shape index (κ3) is 3.66. The SMILES string of the molecule is c1ccc(-c2nc(-c3cccc4oc5c6ccccc6ccc5c34)nc(-c3cccc4oc5c6ccccc6ccc5c34)n2)cc1. The minimum atomic E-state index is 0.584. The van der Waals surface area contributed by atoms with Crippen molar-refractivity contribution >= 4 is 65.4 Å². The fourth-order valence-corrected chi connectivity index (χ4v) is 6.81. The van der Waals surface area contributed by atoms with Gasteiger partial charge in [-0.25, -0.2) is 15.0 Å². The van der Waals surface area contributed by atoms with Gasteiger partial charge in [-0.15, -0.1) is 0 Å². The van der Waals surface area contributed by atoms with Crippen LogP contribution in [0.4, 0.5) is 0 Å². The average Bonchev–Trinajstić information content (AvgIpc) is 3.71. The van der Waals surface area contributed by atoms with Crippen LogP contribution in [0.1, 0.15) is 0 Å². The van der Waals surface area contributed by atoms with Crippen LogP contribution in [0.3, 0.4) is 0 Å². The van der Waals surface area contributed by atoms with Gasteiger partial charge in [0.25, 0.3) is 0 Å². The molecule has 0 aliphatic heterocycles. The highest BCUT2D eigenvalue weighted by molar-refractivity contribution is 6.20. The molecule has 0 saturated heterocycles. The van der Waals surface area contributed by atoms with Gasteiger partial charge >= 0.3 is 0 Å². The van der Waals surface area contributed by atoms with Gasteiger partial charge in [-0.2, -0.15) is 0 Å². The van der Waals surface area contributed by atoms with Gasteiger partial charge in [-0.05, 0) is 35.0 Å². The second-order valence-electron chi connectivity index (χ2n) is 11.6. The fraction of sp³-hybridized carbons (Fsp3) is 0. The van der Waals surface area contributed by atoms with E-state index in [0.717, 1.165) is 82.1 Å². The van der Waals surface area contributed by atoms with E-state index in [0.29, 0.717) is 17.5 Å². The Labute approximate surface area is 262 Å². The molecule has 0 bridgehead atoms. The van der Waals surface area contributed by atoms with Crippen LogP contribution in [-0.4, -0.2) is 15.0 Å². The molecule has 0 aliphatic carbocycles. The number of furan rings is 2. The molecule has 214 valence electrons. The summed E-state index contributed by atoms with van der Waals surface area (Å²) in [6.45, 7) is 0. The molecule has 3 heterocycles. The number of fused-ring (bicyclic) bond motifs is 10. The normalized spacial score (nSPS) is 11.9. The summed E-state index contributed by atoms with van der Waals surface area (Å²) in [5.41, 5.74) is 6.01. The second-order valence-corrected chi connectivity index (χ2v) is 11.6. The number of nitrogens with zero attached hydrogens (tertiary/aromatic N) is 3. The fourth-order valence-electron chi connectivity index (χ4n) is 6.81. The third-order valence-corrected chi connectivity index (χ3v) is 8.92. The van der Waals surface area contributed by atoms with E-state index in [9.17, 15) is 0 Å². The Morgan fingerprint density at radius 1 is 0.348 bits per heavy atom. The van der Waals surface area contributed by atoms with Crippen LogP contribution in [0.15, 0.2) is 148 Å². The molecule has 0 saturated carbocycles. The van der Waals surface area contributed by atoms with Crippen LogP contribution in [0.2, 0.25) is 0 Å². The van der Waals surface area contributed by atoms with Gasteiger partial charge in [0, 0.05) is 49.0 Å². The quantitative estimate of drug-likeness (QED) is 0.205. The lowest BCUT2D eigenvalue weighted by atomic mass is 10.0. The summed E-state index contributed by atoms with van der Waals surface area (Å²) in [7, 11) is 0. The maximum absolute atomic E-state index is 6.50. The zero-order chi connectivity index (χ0) is 30.2. The van der Waals surface area contributed by atoms with Gasteiger partial charge in [-0.1, -0.05) is 115 Å². The Bertz CT molecular complexity index is 2640. The monoisotopic (exact) mass is 589 g/mol. The first kappa shape index (κ1) is 25.0. The first-order chi connectivity index (χ1) is 22.8. The number of rotatable bonds is 3.